The van der Waals surface area contributed by atoms with Crippen molar-refractivity contribution in [2.75, 3.05) is 17.7 Å². The summed E-state index contributed by atoms with van der Waals surface area (Å²) < 4.78 is 29.3. The van der Waals surface area contributed by atoms with Crippen LogP contribution in [0, 0.1) is 19.7 Å². The van der Waals surface area contributed by atoms with Gasteiger partial charge in [-0.3, -0.25) is 0 Å². The van der Waals surface area contributed by atoms with E-state index in [2.05, 4.69) is 20.6 Å². The zero-order valence-electron chi connectivity index (χ0n) is 21.5. The largest absolute Gasteiger partial charge is 1.00 e. The number of hydrogen-bond donors (Lipinski definition) is 3. The number of hydrogen-bond acceptors (Lipinski definition) is 10. The average Bonchev–Trinajstić information content (AvgIpc) is 3.12. The van der Waals surface area contributed by atoms with Crippen molar-refractivity contribution in [2.45, 2.75) is 13.8 Å². The fraction of sp³-hybridized carbons (Fsp3) is 0.143. The molecule has 0 aliphatic heterocycles. The number of nitrogens with zero attached hydrogens (tertiary/aromatic N) is 3. The van der Waals surface area contributed by atoms with Gasteiger partial charge in [-0.05, 0) is 43.7 Å². The maximum atomic E-state index is 14.1. The molecular formula is C21H19FN5Na2O7P. The van der Waals surface area contributed by atoms with Crippen molar-refractivity contribution >= 4 is 48.3 Å². The van der Waals surface area contributed by atoms with E-state index in [1.165, 1.54) is 25.3 Å². The van der Waals surface area contributed by atoms with Crippen molar-refractivity contribution in [1.29, 1.82) is 0 Å². The number of methoxy groups -OCH3 is 1. The molecule has 37 heavy (non-hydrogen) atoms. The molecule has 0 aliphatic carbocycles. The maximum absolute atomic E-state index is 14.1. The molecule has 1 atom stereocenters. The Morgan fingerprint density at radius 3 is 2.59 bits per heavy atom. The summed E-state index contributed by atoms with van der Waals surface area (Å²) >= 11 is 0. The van der Waals surface area contributed by atoms with Crippen LogP contribution in [0.25, 0.3) is 11.1 Å². The molecule has 2 aromatic carbocycles. The maximum Gasteiger partial charge on any atom is 1.00 e. The van der Waals surface area contributed by atoms with Crippen molar-refractivity contribution in [3.63, 3.8) is 0 Å². The van der Waals surface area contributed by atoms with Gasteiger partial charge in [0, 0.05) is 29.2 Å². The van der Waals surface area contributed by atoms with Gasteiger partial charge in [0.25, 0.3) is 0 Å². The van der Waals surface area contributed by atoms with Crippen LogP contribution >= 0.6 is 8.38 Å². The van der Waals surface area contributed by atoms with E-state index in [0.717, 1.165) is 0 Å². The topological polar surface area (TPSA) is 164 Å². The summed E-state index contributed by atoms with van der Waals surface area (Å²) in [6.07, 6.45) is 1.57. The quantitative estimate of drug-likeness (QED) is 0.158. The van der Waals surface area contributed by atoms with Gasteiger partial charge in [-0.15, -0.1) is 4.73 Å². The fourth-order valence-corrected chi connectivity index (χ4v) is 3.49. The number of rotatable bonds is 8. The Bertz CT molecular complexity index is 1510. The van der Waals surface area contributed by atoms with Gasteiger partial charge >= 0.3 is 70.6 Å². The number of oxazole rings is 1. The third kappa shape index (κ3) is 7.01. The molecule has 0 spiro atoms. The van der Waals surface area contributed by atoms with E-state index < -0.39 is 25.7 Å². The van der Waals surface area contributed by atoms with Gasteiger partial charge in [-0.25, -0.2) is 19.0 Å². The fourth-order valence-electron chi connectivity index (χ4n) is 3.11. The number of aromatic nitrogens is 3. The summed E-state index contributed by atoms with van der Waals surface area (Å²) in [5.74, 6) is -0.798. The number of benzene rings is 2. The second kappa shape index (κ2) is 13.0. The van der Waals surface area contributed by atoms with E-state index in [9.17, 15) is 18.9 Å². The van der Waals surface area contributed by atoms with Crippen molar-refractivity contribution in [2.24, 2.45) is 0 Å². The van der Waals surface area contributed by atoms with Crippen LogP contribution in [0.4, 0.5) is 32.3 Å². The predicted molar refractivity (Wildman–Crippen MR) is 124 cm³/mol. The van der Waals surface area contributed by atoms with E-state index in [1.54, 1.807) is 32.2 Å². The summed E-state index contributed by atoms with van der Waals surface area (Å²) in [5.41, 5.74) is 0.445. The zero-order chi connectivity index (χ0) is 25.3. The summed E-state index contributed by atoms with van der Waals surface area (Å²) in [5, 5.41) is 14.9. The van der Waals surface area contributed by atoms with Gasteiger partial charge in [0.05, 0.1) is 7.11 Å². The first kappa shape index (κ1) is 31.0. The molecule has 3 N–H and O–H groups in total. The summed E-state index contributed by atoms with van der Waals surface area (Å²) in [6, 6.07) is 7.55. The minimum Gasteiger partial charge on any atom is -1.00 e. The second-order valence-corrected chi connectivity index (χ2v) is 8.31. The zero-order valence-corrected chi connectivity index (χ0v) is 25.4. The van der Waals surface area contributed by atoms with Gasteiger partial charge < -0.3 is 35.8 Å². The summed E-state index contributed by atoms with van der Waals surface area (Å²) in [6.45, 7) is 3.37. The number of fused-ring (bicyclic) bond motifs is 1. The normalized spacial score (nSPS) is 11.2. The number of aryl methyl sites for hydroxylation is 2. The van der Waals surface area contributed by atoms with E-state index in [0.29, 0.717) is 33.0 Å². The van der Waals surface area contributed by atoms with E-state index in [-0.39, 0.29) is 83.3 Å². The number of halogens is 1. The predicted octanol–water partition coefficient (Wildman–Crippen LogP) is -2.46. The molecule has 12 nitrogen and oxygen atoms in total. The van der Waals surface area contributed by atoms with Crippen LogP contribution in [-0.2, 0) is 0 Å². The Morgan fingerprint density at radius 1 is 1.19 bits per heavy atom. The minimum atomic E-state index is -3.19. The molecule has 184 valence electrons. The van der Waals surface area contributed by atoms with Crippen LogP contribution in [0.15, 0.2) is 45.7 Å². The molecule has 1 unspecified atom stereocenters. The van der Waals surface area contributed by atoms with Gasteiger partial charge in [-0.1, -0.05) is 0 Å². The molecule has 2 heterocycles. The van der Waals surface area contributed by atoms with Crippen LogP contribution in [0.3, 0.4) is 0 Å². The molecule has 0 saturated carbocycles. The molecule has 4 rings (SSSR count). The van der Waals surface area contributed by atoms with Crippen LogP contribution in [0.5, 0.6) is 5.75 Å². The molecule has 0 amide bonds. The van der Waals surface area contributed by atoms with Crippen molar-refractivity contribution in [3.8, 4) is 5.75 Å². The third-order valence-corrected chi connectivity index (χ3v) is 5.41. The van der Waals surface area contributed by atoms with E-state index >= 15 is 0 Å². The molecule has 0 radical (unpaired) electrons. The van der Waals surface area contributed by atoms with Crippen LogP contribution in [0.2, 0.25) is 0 Å². The smallest absolute Gasteiger partial charge is 1.00 e. The van der Waals surface area contributed by atoms with Gasteiger partial charge in [0.1, 0.15) is 11.3 Å². The first-order valence-corrected chi connectivity index (χ1v) is 11.1. The summed E-state index contributed by atoms with van der Waals surface area (Å²) in [4.78, 5) is 43.1. The first-order valence-electron chi connectivity index (χ1n) is 9.92. The monoisotopic (exact) mass is 549 g/mol. The Morgan fingerprint density at radius 2 is 1.92 bits per heavy atom. The number of ether oxygens (including phenoxy) is 1. The van der Waals surface area contributed by atoms with Crippen LogP contribution < -0.4 is 89.8 Å². The number of carboxylic acid groups (broad SMARTS) is 1. The molecule has 0 saturated heterocycles. The average molecular weight is 549 g/mol. The third-order valence-electron chi connectivity index (χ3n) is 4.78. The molecule has 4 aromatic rings. The molecule has 16 heteroatoms. The van der Waals surface area contributed by atoms with E-state index in [1.807, 2.05) is 0 Å². The first-order chi connectivity index (χ1) is 16.7. The Labute approximate surface area is 256 Å². The van der Waals surface area contributed by atoms with Gasteiger partial charge in [0.2, 0.25) is 5.95 Å². The van der Waals surface area contributed by atoms with Crippen molar-refractivity contribution < 1.29 is 93.5 Å². The standard InChI is InChI=1S/C21H18FN5O7P.2Na.H/c1-10-6-13(8-16(32-3)17(10)22)25-19-23-9-11(2)18(26-19)24-12-4-5-15-14(7-12)27(20(28)33-15)34-35(31)21(29)30;;;/h4-9H,1-3H3,(H,29,30)(H2,23,24,25,26);;;/q-1;2*+1;-1. The van der Waals surface area contributed by atoms with Gasteiger partial charge in [0.15, 0.2) is 25.5 Å². The summed E-state index contributed by atoms with van der Waals surface area (Å²) in [7, 11) is -1.82. The number of nitrogens with one attached hydrogen (secondary N) is 2. The SMILES string of the molecule is COc1cc(Nc2ncc(C)c(Nc3ccc4oc(=O)n(OP([O-])C(=O)O)c4c3)n2)cc(C)c1F.[H-].[Na+].[Na+]. The van der Waals surface area contributed by atoms with Gasteiger partial charge in [-0.2, -0.15) is 4.98 Å². The van der Waals surface area contributed by atoms with E-state index in [4.69, 9.17) is 18.9 Å². The number of carbonyl (C=O) groups is 1. The van der Waals surface area contributed by atoms with Crippen molar-refractivity contribution in [1.82, 2.24) is 14.7 Å². The number of anilines is 4. The second-order valence-electron chi connectivity index (χ2n) is 7.25. The molecule has 2 aromatic heterocycles. The Kier molecular flexibility index (Phi) is 10.9. The Hall–Kier alpha value is -2.22. The molecule has 0 aliphatic rings. The molecular weight excluding hydrogens is 530 g/mol. The minimum absolute atomic E-state index is 0. The Balaban J connectivity index is 0.00000241. The molecule has 0 fully saturated rings. The molecule has 0 bridgehead atoms. The van der Waals surface area contributed by atoms with Crippen LogP contribution in [0.1, 0.15) is 12.6 Å². The van der Waals surface area contributed by atoms with Crippen LogP contribution in [-0.4, -0.2) is 32.6 Å². The van der Waals surface area contributed by atoms with Crippen molar-refractivity contribution in [3.05, 3.63) is 64.0 Å².